The summed E-state index contributed by atoms with van der Waals surface area (Å²) in [5.41, 5.74) is 7.11. The molecular formula is C13H22ClN3. The zero-order valence-corrected chi connectivity index (χ0v) is 11.7. The molecular weight excluding hydrogens is 234 g/mol. The maximum Gasteiger partial charge on any atom is 0.129 e. The first-order chi connectivity index (χ1) is 7.96. The summed E-state index contributed by atoms with van der Waals surface area (Å²) in [6, 6.07) is 3.92. The number of halogens is 1. The molecule has 0 atom stereocenters. The topological polar surface area (TPSA) is 42.2 Å². The molecule has 0 saturated carbocycles. The second-order valence-electron chi connectivity index (χ2n) is 5.16. The summed E-state index contributed by atoms with van der Waals surface area (Å²) in [6.07, 6.45) is 1.75. The molecule has 1 rings (SSSR count). The summed E-state index contributed by atoms with van der Waals surface area (Å²) in [4.78, 5) is 6.36. The van der Waals surface area contributed by atoms with Crippen molar-refractivity contribution < 1.29 is 0 Å². The van der Waals surface area contributed by atoms with Crippen molar-refractivity contribution in [3.63, 3.8) is 0 Å². The molecule has 0 spiro atoms. The van der Waals surface area contributed by atoms with Crippen LogP contribution in [0.15, 0.2) is 18.3 Å². The average molecular weight is 256 g/mol. The number of aromatic nitrogens is 1. The number of pyridine rings is 1. The van der Waals surface area contributed by atoms with Crippen molar-refractivity contribution in [2.75, 3.05) is 19.6 Å². The van der Waals surface area contributed by atoms with Crippen molar-refractivity contribution >= 4 is 11.6 Å². The molecule has 0 bridgehead atoms. The molecule has 0 amide bonds. The zero-order valence-electron chi connectivity index (χ0n) is 10.9. The van der Waals surface area contributed by atoms with Crippen LogP contribution in [0.2, 0.25) is 5.15 Å². The van der Waals surface area contributed by atoms with Gasteiger partial charge < -0.3 is 5.73 Å². The predicted octanol–water partition coefficient (Wildman–Crippen LogP) is 2.54. The molecule has 1 aromatic heterocycles. The van der Waals surface area contributed by atoms with Crippen molar-refractivity contribution in [2.45, 2.75) is 27.3 Å². The second-order valence-corrected chi connectivity index (χ2v) is 5.55. The molecule has 0 unspecified atom stereocenters. The molecule has 0 saturated heterocycles. The molecule has 0 radical (unpaired) electrons. The molecule has 0 aliphatic heterocycles. The van der Waals surface area contributed by atoms with E-state index in [1.807, 2.05) is 12.1 Å². The van der Waals surface area contributed by atoms with E-state index in [-0.39, 0.29) is 5.41 Å². The average Bonchev–Trinajstić information content (AvgIpc) is 2.28. The highest BCUT2D eigenvalue weighted by Crippen LogP contribution is 2.17. The van der Waals surface area contributed by atoms with Gasteiger partial charge in [-0.25, -0.2) is 4.98 Å². The lowest BCUT2D eigenvalue weighted by atomic mass is 9.93. The number of rotatable bonds is 6. The van der Waals surface area contributed by atoms with Crippen LogP contribution in [0.25, 0.3) is 0 Å². The fourth-order valence-corrected chi connectivity index (χ4v) is 1.94. The predicted molar refractivity (Wildman–Crippen MR) is 73.0 cm³/mol. The monoisotopic (exact) mass is 255 g/mol. The molecule has 2 N–H and O–H groups in total. The normalized spacial score (nSPS) is 12.1. The molecule has 4 heteroatoms. The van der Waals surface area contributed by atoms with E-state index in [0.29, 0.717) is 11.7 Å². The second kappa shape index (κ2) is 6.34. The number of hydrogen-bond acceptors (Lipinski definition) is 3. The number of nitrogens with two attached hydrogens (primary N) is 1. The Morgan fingerprint density at radius 2 is 2.18 bits per heavy atom. The maximum absolute atomic E-state index is 5.88. The Kier molecular flexibility index (Phi) is 5.37. The minimum atomic E-state index is 0.146. The Morgan fingerprint density at radius 3 is 2.71 bits per heavy atom. The Bertz CT molecular complexity index is 352. The lowest BCUT2D eigenvalue weighted by Crippen LogP contribution is -2.38. The third kappa shape index (κ3) is 5.02. The summed E-state index contributed by atoms with van der Waals surface area (Å²) >= 11 is 5.88. The van der Waals surface area contributed by atoms with Gasteiger partial charge in [0.05, 0.1) is 0 Å². The van der Waals surface area contributed by atoms with Crippen LogP contribution in [-0.4, -0.2) is 29.5 Å². The molecule has 0 aliphatic rings. The Hall–Kier alpha value is -0.640. The molecule has 1 heterocycles. The van der Waals surface area contributed by atoms with Crippen molar-refractivity contribution in [1.82, 2.24) is 9.88 Å². The van der Waals surface area contributed by atoms with Crippen LogP contribution in [0.3, 0.4) is 0 Å². The van der Waals surface area contributed by atoms with Gasteiger partial charge in [-0.2, -0.15) is 0 Å². The van der Waals surface area contributed by atoms with Crippen LogP contribution in [0.1, 0.15) is 26.3 Å². The van der Waals surface area contributed by atoms with E-state index in [2.05, 4.69) is 30.7 Å². The van der Waals surface area contributed by atoms with E-state index < -0.39 is 0 Å². The smallest absolute Gasteiger partial charge is 0.129 e. The van der Waals surface area contributed by atoms with Crippen LogP contribution in [0, 0.1) is 5.41 Å². The molecule has 0 aromatic carbocycles. The van der Waals surface area contributed by atoms with Crippen molar-refractivity contribution in [2.24, 2.45) is 11.1 Å². The van der Waals surface area contributed by atoms with Crippen LogP contribution >= 0.6 is 11.6 Å². The molecule has 3 nitrogen and oxygen atoms in total. The van der Waals surface area contributed by atoms with Crippen molar-refractivity contribution in [1.29, 1.82) is 0 Å². The van der Waals surface area contributed by atoms with Gasteiger partial charge in [-0.05, 0) is 36.2 Å². The summed E-state index contributed by atoms with van der Waals surface area (Å²) in [5, 5.41) is 0.552. The Labute approximate surface area is 109 Å². The molecule has 0 fully saturated rings. The lowest BCUT2D eigenvalue weighted by molar-refractivity contribution is 0.183. The lowest BCUT2D eigenvalue weighted by Gasteiger charge is -2.31. The zero-order chi connectivity index (χ0) is 12.9. The largest absolute Gasteiger partial charge is 0.330 e. The first kappa shape index (κ1) is 14.4. The Balaban J connectivity index is 2.64. The van der Waals surface area contributed by atoms with Gasteiger partial charge in [0.2, 0.25) is 0 Å². The van der Waals surface area contributed by atoms with Crippen LogP contribution in [0.4, 0.5) is 0 Å². The van der Waals surface area contributed by atoms with Gasteiger partial charge >= 0.3 is 0 Å². The minimum absolute atomic E-state index is 0.146. The van der Waals surface area contributed by atoms with E-state index in [1.54, 1.807) is 6.20 Å². The van der Waals surface area contributed by atoms with E-state index >= 15 is 0 Å². The highest BCUT2D eigenvalue weighted by atomic mass is 35.5. The van der Waals surface area contributed by atoms with Gasteiger partial charge in [-0.1, -0.05) is 32.4 Å². The van der Waals surface area contributed by atoms with Crippen LogP contribution in [-0.2, 0) is 6.54 Å². The number of hydrogen-bond donors (Lipinski definition) is 1. The van der Waals surface area contributed by atoms with E-state index in [0.717, 1.165) is 19.6 Å². The SMILES string of the molecule is CCN(Cc1ccnc(Cl)c1)CC(C)(C)CN. The molecule has 96 valence electrons. The van der Waals surface area contributed by atoms with Gasteiger partial charge in [0.25, 0.3) is 0 Å². The highest BCUT2D eigenvalue weighted by molar-refractivity contribution is 6.29. The quantitative estimate of drug-likeness (QED) is 0.795. The fourth-order valence-electron chi connectivity index (χ4n) is 1.75. The first-order valence-corrected chi connectivity index (χ1v) is 6.37. The fraction of sp³-hybridized carbons (Fsp3) is 0.615. The summed E-state index contributed by atoms with van der Waals surface area (Å²) in [5.74, 6) is 0. The molecule has 0 aliphatic carbocycles. The summed E-state index contributed by atoms with van der Waals surface area (Å²) in [7, 11) is 0. The first-order valence-electron chi connectivity index (χ1n) is 5.99. The third-order valence-corrected chi connectivity index (χ3v) is 3.06. The molecule has 1 aromatic rings. The minimum Gasteiger partial charge on any atom is -0.330 e. The third-order valence-electron chi connectivity index (χ3n) is 2.85. The van der Waals surface area contributed by atoms with Gasteiger partial charge in [-0.3, -0.25) is 4.90 Å². The number of nitrogens with zero attached hydrogens (tertiary/aromatic N) is 2. The van der Waals surface area contributed by atoms with Gasteiger partial charge in [0.1, 0.15) is 5.15 Å². The Morgan fingerprint density at radius 1 is 1.47 bits per heavy atom. The van der Waals surface area contributed by atoms with E-state index in [1.165, 1.54) is 5.56 Å². The van der Waals surface area contributed by atoms with Gasteiger partial charge in [-0.15, -0.1) is 0 Å². The summed E-state index contributed by atoms with van der Waals surface area (Å²) < 4.78 is 0. The van der Waals surface area contributed by atoms with Gasteiger partial charge in [0, 0.05) is 19.3 Å². The highest BCUT2D eigenvalue weighted by Gasteiger charge is 2.19. The maximum atomic E-state index is 5.88. The van der Waals surface area contributed by atoms with E-state index in [4.69, 9.17) is 17.3 Å². The molecule has 17 heavy (non-hydrogen) atoms. The van der Waals surface area contributed by atoms with Crippen LogP contribution in [0.5, 0.6) is 0 Å². The standard InChI is InChI=1S/C13H22ClN3/c1-4-17(10-13(2,3)9-15)8-11-5-6-16-12(14)7-11/h5-7H,4,8-10,15H2,1-3H3. The van der Waals surface area contributed by atoms with Crippen molar-refractivity contribution in [3.8, 4) is 0 Å². The summed E-state index contributed by atoms with van der Waals surface area (Å²) in [6.45, 7) is 10.1. The van der Waals surface area contributed by atoms with Crippen molar-refractivity contribution in [3.05, 3.63) is 29.0 Å². The van der Waals surface area contributed by atoms with Crippen LogP contribution < -0.4 is 5.73 Å². The van der Waals surface area contributed by atoms with Gasteiger partial charge in [0.15, 0.2) is 0 Å². The van der Waals surface area contributed by atoms with E-state index in [9.17, 15) is 0 Å².